The van der Waals surface area contributed by atoms with Gasteiger partial charge in [0.25, 0.3) is 6.71 Å². The summed E-state index contributed by atoms with van der Waals surface area (Å²) < 4.78 is 5.25. The summed E-state index contributed by atoms with van der Waals surface area (Å²) in [5.74, 6) is 0.705. The minimum absolute atomic E-state index is 0.0727. The number of nitrogens with zero attached hydrogens (tertiary/aromatic N) is 4. The first kappa shape index (κ1) is 41.7. The van der Waals surface area contributed by atoms with Gasteiger partial charge in [-0.3, -0.25) is 0 Å². The normalized spacial score (nSPS) is 12.9. The molecule has 0 atom stereocenters. The van der Waals surface area contributed by atoms with E-state index in [-0.39, 0.29) is 17.5 Å². The fraction of sp³-hybridized carbons (Fsp3) is 0.121. The van der Waals surface area contributed by atoms with E-state index in [1.807, 2.05) is 18.5 Å². The van der Waals surface area contributed by atoms with Crippen LogP contribution in [0.1, 0.15) is 52.7 Å². The summed E-state index contributed by atoms with van der Waals surface area (Å²) in [6.45, 7) is 14.1. The summed E-state index contributed by atoms with van der Waals surface area (Å²) >= 11 is 0. The molecule has 4 nitrogen and oxygen atoms in total. The maximum atomic E-state index is 4.96. The van der Waals surface area contributed by atoms with Crippen LogP contribution in [-0.2, 0) is 10.8 Å². The highest BCUT2D eigenvalue weighted by molar-refractivity contribution is 7.00. The molecule has 14 rings (SSSR count). The number of fused-ring (bicyclic) bond motifs is 10. The molecule has 12 aromatic rings. The quantitative estimate of drug-likeness (QED) is 0.161. The lowest BCUT2D eigenvalue weighted by molar-refractivity contribution is 0.591. The van der Waals surface area contributed by atoms with Crippen LogP contribution in [0, 0.1) is 0 Å². The maximum absolute atomic E-state index is 4.96. The highest BCUT2D eigenvalue weighted by Crippen LogP contribution is 2.48. The Kier molecular flexibility index (Phi) is 8.87. The largest absolute Gasteiger partial charge is 0.310 e. The number of benzene rings is 9. The fourth-order valence-electron chi connectivity index (χ4n) is 12.0. The van der Waals surface area contributed by atoms with Gasteiger partial charge in [-0.25, -0.2) is 9.97 Å². The predicted octanol–water partition coefficient (Wildman–Crippen LogP) is 14.7. The molecule has 9 aromatic carbocycles. The number of aromatic nitrogens is 4. The molecule has 0 spiro atoms. The Balaban J connectivity index is 1.23. The molecule has 0 fully saturated rings. The third kappa shape index (κ3) is 6.25. The van der Waals surface area contributed by atoms with Crippen molar-refractivity contribution in [3.63, 3.8) is 0 Å². The van der Waals surface area contributed by atoms with Crippen molar-refractivity contribution in [1.29, 1.82) is 0 Å². The monoisotopic (exact) mass is 910 g/mol. The molecule has 0 amide bonds. The number of hydrogen-bond acceptors (Lipinski definition) is 2. The lowest BCUT2D eigenvalue weighted by atomic mass is 9.34. The molecule has 0 unspecified atom stereocenters. The van der Waals surface area contributed by atoms with E-state index in [2.05, 4.69) is 233 Å². The summed E-state index contributed by atoms with van der Waals surface area (Å²) in [6, 6.07) is 70.4. The van der Waals surface area contributed by atoms with Crippen molar-refractivity contribution in [2.75, 3.05) is 0 Å². The minimum atomic E-state index is -0.127. The van der Waals surface area contributed by atoms with Gasteiger partial charge in [-0.15, -0.1) is 0 Å². The van der Waals surface area contributed by atoms with Gasteiger partial charge in [-0.1, -0.05) is 175 Å². The van der Waals surface area contributed by atoms with Gasteiger partial charge in [0.05, 0.1) is 11.0 Å². The van der Waals surface area contributed by atoms with Gasteiger partial charge in [0.2, 0.25) is 0 Å². The number of hydrogen-bond donors (Lipinski definition) is 0. The zero-order valence-electron chi connectivity index (χ0n) is 40.9. The summed E-state index contributed by atoms with van der Waals surface area (Å²) in [5, 5.41) is 5.10. The van der Waals surface area contributed by atoms with E-state index in [1.165, 1.54) is 127 Å². The number of rotatable bonds is 5. The van der Waals surface area contributed by atoms with Gasteiger partial charge in [-0.05, 0) is 137 Å². The molecule has 0 saturated carbocycles. The maximum Gasteiger partial charge on any atom is 0.252 e. The van der Waals surface area contributed by atoms with E-state index in [1.54, 1.807) is 0 Å². The third-order valence-corrected chi connectivity index (χ3v) is 15.5. The first-order valence-corrected chi connectivity index (χ1v) is 25.0. The van der Waals surface area contributed by atoms with Crippen molar-refractivity contribution >= 4 is 66.7 Å². The molecule has 71 heavy (non-hydrogen) atoms. The van der Waals surface area contributed by atoms with Gasteiger partial charge in [-0.2, -0.15) is 0 Å². The molecule has 0 N–H and O–H groups in total. The first-order chi connectivity index (χ1) is 34.5. The molecular weight excluding hydrogens is 860 g/mol. The van der Waals surface area contributed by atoms with Crippen LogP contribution >= 0.6 is 0 Å². The standard InChI is InChI=1S/C66H51BN4/c1-65(2,3)47-36-51-59-49(42-24-15-9-16-25-42)30-44(40-20-11-7-12-21-40)32-55(59)70-57-34-46(64-68-28-19-29-69-64)35-58-61(57)67(53(38-47)62(51)70)54-39-48(66(4,5)6)37-52-60-50(43-26-17-10-18-27-43)31-45(41-22-13-8-14-23-41)33-56(60)71(58)63(52)54/h7-39H,1-6H3. The van der Waals surface area contributed by atoms with Crippen LogP contribution in [0.2, 0.25) is 0 Å². The average Bonchev–Trinajstić information content (AvgIpc) is 3.92. The van der Waals surface area contributed by atoms with Gasteiger partial charge in [0, 0.05) is 61.9 Å². The Hall–Kier alpha value is -8.28. The Morgan fingerprint density at radius 2 is 0.775 bits per heavy atom. The molecule has 338 valence electrons. The van der Waals surface area contributed by atoms with Crippen LogP contribution in [0.3, 0.4) is 0 Å². The van der Waals surface area contributed by atoms with Crippen LogP contribution in [0.4, 0.5) is 0 Å². The Bertz CT molecular complexity index is 3890. The summed E-state index contributed by atoms with van der Waals surface area (Å²) in [5.41, 5.74) is 24.3. The van der Waals surface area contributed by atoms with Crippen molar-refractivity contribution in [3.8, 4) is 67.3 Å². The second-order valence-corrected chi connectivity index (χ2v) is 21.8. The van der Waals surface area contributed by atoms with E-state index in [0.29, 0.717) is 5.82 Å². The molecule has 2 aliphatic heterocycles. The lowest BCUT2D eigenvalue weighted by Gasteiger charge is -2.35. The molecule has 5 heteroatoms. The van der Waals surface area contributed by atoms with E-state index in [4.69, 9.17) is 9.97 Å². The van der Waals surface area contributed by atoms with Crippen LogP contribution < -0.4 is 16.4 Å². The van der Waals surface area contributed by atoms with Gasteiger partial charge < -0.3 is 9.13 Å². The zero-order valence-corrected chi connectivity index (χ0v) is 40.9. The topological polar surface area (TPSA) is 35.6 Å². The molecule has 0 aliphatic carbocycles. The van der Waals surface area contributed by atoms with Gasteiger partial charge in [0.15, 0.2) is 5.82 Å². The first-order valence-electron chi connectivity index (χ1n) is 25.0. The highest BCUT2D eigenvalue weighted by Gasteiger charge is 2.43. The zero-order chi connectivity index (χ0) is 47.9. The molecule has 5 heterocycles. The van der Waals surface area contributed by atoms with E-state index in [0.717, 1.165) is 5.56 Å². The average molecular weight is 911 g/mol. The van der Waals surface area contributed by atoms with E-state index in [9.17, 15) is 0 Å². The summed E-state index contributed by atoms with van der Waals surface area (Å²) in [6.07, 6.45) is 3.73. The fourth-order valence-corrected chi connectivity index (χ4v) is 12.0. The van der Waals surface area contributed by atoms with Crippen LogP contribution in [0.15, 0.2) is 200 Å². The van der Waals surface area contributed by atoms with Crippen molar-refractivity contribution in [2.45, 2.75) is 52.4 Å². The minimum Gasteiger partial charge on any atom is -0.310 e. The van der Waals surface area contributed by atoms with E-state index >= 15 is 0 Å². The Morgan fingerprint density at radius 3 is 1.17 bits per heavy atom. The summed E-state index contributed by atoms with van der Waals surface area (Å²) in [7, 11) is 0. The second-order valence-electron chi connectivity index (χ2n) is 21.8. The molecule has 3 aromatic heterocycles. The van der Waals surface area contributed by atoms with Crippen molar-refractivity contribution in [1.82, 2.24) is 19.1 Å². The van der Waals surface area contributed by atoms with Gasteiger partial charge >= 0.3 is 0 Å². The van der Waals surface area contributed by atoms with Crippen molar-refractivity contribution in [2.24, 2.45) is 0 Å². The Labute approximate surface area is 415 Å². The highest BCUT2D eigenvalue weighted by atomic mass is 15.0. The lowest BCUT2D eigenvalue weighted by Crippen LogP contribution is -2.59. The SMILES string of the molecule is CC(C)(C)c1cc2c3c(c1)c1c(-c4ccccc4)cc(-c4ccccc4)cc1n3-c1cc(-c3ncccn3)cc3c1B2c1cc(C(C)(C)C)cc2c4c(-c5ccccc5)cc(-c5ccccc5)cc4n-3c12. The van der Waals surface area contributed by atoms with Gasteiger partial charge in [0.1, 0.15) is 0 Å². The second kappa shape index (κ2) is 15.1. The molecule has 2 aliphatic rings. The van der Waals surface area contributed by atoms with Crippen LogP contribution in [-0.4, -0.2) is 25.8 Å². The molecule has 0 radical (unpaired) electrons. The van der Waals surface area contributed by atoms with Crippen LogP contribution in [0.5, 0.6) is 0 Å². The third-order valence-electron chi connectivity index (χ3n) is 15.5. The summed E-state index contributed by atoms with van der Waals surface area (Å²) in [4.78, 5) is 9.92. The molecular formula is C66H51BN4. The van der Waals surface area contributed by atoms with Crippen molar-refractivity contribution < 1.29 is 0 Å². The smallest absolute Gasteiger partial charge is 0.252 e. The molecule has 0 bridgehead atoms. The predicted molar refractivity (Wildman–Crippen MR) is 300 cm³/mol. The molecule has 0 saturated heterocycles. The Morgan fingerprint density at radius 1 is 0.380 bits per heavy atom. The van der Waals surface area contributed by atoms with Crippen LogP contribution in [0.25, 0.3) is 111 Å². The van der Waals surface area contributed by atoms with E-state index < -0.39 is 0 Å². The van der Waals surface area contributed by atoms with Crippen molar-refractivity contribution in [3.05, 3.63) is 212 Å².